The van der Waals surface area contributed by atoms with Gasteiger partial charge in [-0.15, -0.1) is 11.3 Å². The van der Waals surface area contributed by atoms with Crippen molar-refractivity contribution in [2.75, 3.05) is 6.54 Å². The van der Waals surface area contributed by atoms with Gasteiger partial charge in [-0.2, -0.15) is 9.36 Å². The molecule has 2 rings (SSSR count). The van der Waals surface area contributed by atoms with Gasteiger partial charge in [-0.3, -0.25) is 0 Å². The van der Waals surface area contributed by atoms with E-state index in [-0.39, 0.29) is 5.69 Å². The lowest BCUT2D eigenvalue weighted by molar-refractivity contribution is 0.583. The van der Waals surface area contributed by atoms with Gasteiger partial charge >= 0.3 is 5.69 Å². The molecule has 2 N–H and O–H groups in total. The van der Waals surface area contributed by atoms with Crippen molar-refractivity contribution in [3.05, 3.63) is 28.0 Å². The fraction of sp³-hybridized carbons (Fsp3) is 0.286. The van der Waals surface area contributed by atoms with E-state index in [4.69, 9.17) is 5.73 Å². The molecule has 14 heavy (non-hydrogen) atoms. The van der Waals surface area contributed by atoms with E-state index < -0.39 is 0 Å². The molecule has 0 radical (unpaired) electrons. The highest BCUT2D eigenvalue weighted by Crippen LogP contribution is 2.10. The Hall–Kier alpha value is -1.47. The highest BCUT2D eigenvalue weighted by atomic mass is 32.1. The van der Waals surface area contributed by atoms with Crippen LogP contribution in [-0.2, 0) is 6.54 Å². The van der Waals surface area contributed by atoms with Crippen LogP contribution in [0.15, 0.2) is 22.3 Å². The van der Waals surface area contributed by atoms with Gasteiger partial charge in [0, 0.05) is 6.54 Å². The van der Waals surface area contributed by atoms with E-state index in [1.165, 1.54) is 20.7 Å². The minimum atomic E-state index is -0.252. The van der Waals surface area contributed by atoms with Gasteiger partial charge in [0.15, 0.2) is 0 Å². The van der Waals surface area contributed by atoms with Crippen molar-refractivity contribution < 1.29 is 0 Å². The highest BCUT2D eigenvalue weighted by molar-refractivity contribution is 7.12. The summed E-state index contributed by atoms with van der Waals surface area (Å²) in [7, 11) is 0. The molecule has 0 aliphatic heterocycles. The molecule has 0 saturated heterocycles. The molecule has 2 heterocycles. The zero-order chi connectivity index (χ0) is 9.97. The summed E-state index contributed by atoms with van der Waals surface area (Å²) in [6.45, 7) is 0.771. The summed E-state index contributed by atoms with van der Waals surface area (Å²) >= 11 is 1.44. The zero-order valence-corrected chi connectivity index (χ0v) is 8.15. The Morgan fingerprint density at radius 2 is 2.36 bits per heavy atom. The number of rotatable bonds is 3. The largest absolute Gasteiger partial charge is 0.369 e. The molecule has 0 spiro atoms. The predicted octanol–water partition coefficient (Wildman–Crippen LogP) is -0.551. The molecule has 0 atom stereocenters. The fourth-order valence-corrected chi connectivity index (χ4v) is 1.73. The zero-order valence-electron chi connectivity index (χ0n) is 7.33. The lowest BCUT2D eigenvalue weighted by atomic mass is 10.6. The summed E-state index contributed by atoms with van der Waals surface area (Å²) < 4.78 is 2.51. The first kappa shape index (κ1) is 9.10. The molecule has 2 aromatic rings. The topological polar surface area (TPSA) is 78.7 Å². The van der Waals surface area contributed by atoms with Gasteiger partial charge in [0.05, 0.1) is 6.54 Å². The maximum atomic E-state index is 11.6. The van der Waals surface area contributed by atoms with Crippen LogP contribution in [0.25, 0.3) is 5.00 Å². The van der Waals surface area contributed by atoms with E-state index in [9.17, 15) is 4.79 Å². The lowest BCUT2D eigenvalue weighted by Gasteiger charge is -1.92. The van der Waals surface area contributed by atoms with E-state index in [0.717, 1.165) is 5.00 Å². The molecule has 0 bridgehead atoms. The third-order valence-corrected chi connectivity index (χ3v) is 2.54. The van der Waals surface area contributed by atoms with E-state index in [1.54, 1.807) is 0 Å². The summed E-state index contributed by atoms with van der Waals surface area (Å²) in [5, 5.41) is 10.1. The van der Waals surface area contributed by atoms with E-state index >= 15 is 0 Å². The Morgan fingerprint density at radius 1 is 1.50 bits per heavy atom. The van der Waals surface area contributed by atoms with Crippen LogP contribution in [0.4, 0.5) is 0 Å². The summed E-state index contributed by atoms with van der Waals surface area (Å²) in [6.07, 6.45) is 0. The molecule has 0 aliphatic carbocycles. The first-order valence-electron chi connectivity index (χ1n) is 4.09. The molecule has 2 aromatic heterocycles. The van der Waals surface area contributed by atoms with Crippen molar-refractivity contribution >= 4 is 11.3 Å². The average molecular weight is 211 g/mol. The molecular weight excluding hydrogens is 202 g/mol. The Kier molecular flexibility index (Phi) is 2.42. The van der Waals surface area contributed by atoms with Crippen LogP contribution in [0.2, 0.25) is 0 Å². The summed E-state index contributed by atoms with van der Waals surface area (Å²) in [4.78, 5) is 11.6. The van der Waals surface area contributed by atoms with Crippen molar-refractivity contribution in [1.29, 1.82) is 0 Å². The second kappa shape index (κ2) is 3.72. The maximum absolute atomic E-state index is 11.6. The van der Waals surface area contributed by atoms with Crippen molar-refractivity contribution in [2.24, 2.45) is 5.73 Å². The predicted molar refractivity (Wildman–Crippen MR) is 52.6 cm³/mol. The second-order valence-corrected chi connectivity index (χ2v) is 3.56. The van der Waals surface area contributed by atoms with E-state index in [1.807, 2.05) is 17.5 Å². The van der Waals surface area contributed by atoms with Crippen molar-refractivity contribution in [3.63, 3.8) is 0 Å². The second-order valence-electron chi connectivity index (χ2n) is 2.64. The van der Waals surface area contributed by atoms with Gasteiger partial charge in [0.1, 0.15) is 5.00 Å². The smallest absolute Gasteiger partial charge is 0.329 e. The average Bonchev–Trinajstić information content (AvgIpc) is 2.77. The molecule has 0 aromatic carbocycles. The molecule has 7 heteroatoms. The monoisotopic (exact) mass is 211 g/mol. The third kappa shape index (κ3) is 1.47. The van der Waals surface area contributed by atoms with Crippen LogP contribution in [0.3, 0.4) is 0 Å². The third-order valence-electron chi connectivity index (χ3n) is 1.70. The molecule has 0 unspecified atom stereocenters. The summed E-state index contributed by atoms with van der Waals surface area (Å²) in [6, 6.07) is 3.67. The summed E-state index contributed by atoms with van der Waals surface area (Å²) in [5.74, 6) is 0. The van der Waals surface area contributed by atoms with Gasteiger partial charge in [-0.1, -0.05) is 0 Å². The number of tetrazole rings is 1. The Bertz CT molecular complexity index is 457. The van der Waals surface area contributed by atoms with Crippen LogP contribution in [-0.4, -0.2) is 26.3 Å². The first-order valence-corrected chi connectivity index (χ1v) is 4.97. The minimum absolute atomic E-state index is 0.252. The van der Waals surface area contributed by atoms with E-state index in [2.05, 4.69) is 10.4 Å². The molecule has 0 fully saturated rings. The molecule has 0 amide bonds. The minimum Gasteiger partial charge on any atom is -0.329 e. The van der Waals surface area contributed by atoms with Crippen molar-refractivity contribution in [3.8, 4) is 5.00 Å². The van der Waals surface area contributed by atoms with Crippen molar-refractivity contribution in [2.45, 2.75) is 6.54 Å². The number of nitrogens with zero attached hydrogens (tertiary/aromatic N) is 4. The Labute approximate surface area is 83.6 Å². The molecule has 6 nitrogen and oxygen atoms in total. The SMILES string of the molecule is NCCn1nnn(-c2cccs2)c1=O. The quantitative estimate of drug-likeness (QED) is 0.738. The summed E-state index contributed by atoms with van der Waals surface area (Å²) in [5.41, 5.74) is 5.07. The Balaban J connectivity index is 2.42. The molecule has 0 saturated carbocycles. The van der Waals surface area contributed by atoms with Crippen LogP contribution in [0.5, 0.6) is 0 Å². The van der Waals surface area contributed by atoms with Crippen LogP contribution in [0, 0.1) is 0 Å². The normalized spacial score (nSPS) is 10.6. The number of aromatic nitrogens is 4. The molecular formula is C7H9N5OS. The van der Waals surface area contributed by atoms with Crippen molar-refractivity contribution in [1.82, 2.24) is 19.8 Å². The number of thiophene rings is 1. The van der Waals surface area contributed by atoms with Gasteiger partial charge in [0.25, 0.3) is 0 Å². The number of nitrogens with two attached hydrogens (primary N) is 1. The first-order chi connectivity index (χ1) is 6.83. The fourth-order valence-electron chi connectivity index (χ4n) is 1.07. The van der Waals surface area contributed by atoms with Gasteiger partial charge in [-0.25, -0.2) is 4.79 Å². The highest BCUT2D eigenvalue weighted by Gasteiger charge is 2.07. The van der Waals surface area contributed by atoms with Gasteiger partial charge in [0.2, 0.25) is 0 Å². The Morgan fingerprint density at radius 3 is 3.00 bits per heavy atom. The van der Waals surface area contributed by atoms with Crippen LogP contribution < -0.4 is 11.4 Å². The van der Waals surface area contributed by atoms with E-state index in [0.29, 0.717) is 13.1 Å². The lowest BCUT2D eigenvalue weighted by Crippen LogP contribution is -2.26. The van der Waals surface area contributed by atoms with Crippen LogP contribution >= 0.6 is 11.3 Å². The number of hydrogen-bond acceptors (Lipinski definition) is 5. The van der Waals surface area contributed by atoms with Gasteiger partial charge < -0.3 is 5.73 Å². The number of hydrogen-bond donors (Lipinski definition) is 1. The molecule has 0 aliphatic rings. The molecule has 74 valence electrons. The standard InChI is InChI=1S/C7H9N5OS/c8-3-4-11-7(13)12(10-9-11)6-2-1-5-14-6/h1-2,5H,3-4,8H2. The van der Waals surface area contributed by atoms with Crippen LogP contribution in [0.1, 0.15) is 0 Å². The maximum Gasteiger partial charge on any atom is 0.369 e. The van der Waals surface area contributed by atoms with Gasteiger partial charge in [-0.05, 0) is 27.9 Å².